The lowest BCUT2D eigenvalue weighted by Crippen LogP contribution is -2.47. The van der Waals surface area contributed by atoms with Crippen LogP contribution >= 0.6 is 0 Å². The first-order chi connectivity index (χ1) is 19.4. The van der Waals surface area contributed by atoms with Gasteiger partial charge in [-0.2, -0.15) is 0 Å². The van der Waals surface area contributed by atoms with E-state index in [1.54, 1.807) is 12.1 Å². The van der Waals surface area contributed by atoms with Gasteiger partial charge in [0.05, 0.1) is 16.9 Å². The molecule has 0 radical (unpaired) electrons. The van der Waals surface area contributed by atoms with E-state index in [0.29, 0.717) is 30.0 Å². The van der Waals surface area contributed by atoms with Crippen molar-refractivity contribution in [1.29, 1.82) is 0 Å². The molecule has 3 aromatic rings. The summed E-state index contributed by atoms with van der Waals surface area (Å²) in [5.41, 5.74) is 0.735. The van der Waals surface area contributed by atoms with Crippen LogP contribution in [0.3, 0.4) is 0 Å². The molecule has 0 unspecified atom stereocenters. The molecular weight excluding hydrogens is 516 g/mol. The molecule has 10 heteroatoms. The van der Waals surface area contributed by atoms with Crippen molar-refractivity contribution in [3.05, 3.63) is 82.3 Å². The van der Waals surface area contributed by atoms with E-state index in [1.165, 1.54) is 18.3 Å². The van der Waals surface area contributed by atoms with E-state index < -0.39 is 17.2 Å². The van der Waals surface area contributed by atoms with E-state index in [0.717, 1.165) is 58.7 Å². The number of anilines is 2. The molecule has 0 atom stereocenters. The van der Waals surface area contributed by atoms with E-state index in [9.17, 15) is 19.1 Å². The number of hydrogen-bond donors (Lipinski definition) is 1. The van der Waals surface area contributed by atoms with Crippen LogP contribution < -0.4 is 15.2 Å². The standard InChI is InChI=1S/C30H33F2N5O3/c31-24-4-1-2-5-26(24)35-14-10-33(11-15-35)8-3-9-34-12-16-36(17-13-34)28-19-27-22(18-25(28)32)29(38)23(30(39)40)20-37(27)21-6-7-21/h1-5,9,18-21H,6-8,10-17H2,(H,39,40)/b9-3+. The summed E-state index contributed by atoms with van der Waals surface area (Å²) in [6.45, 7) is 6.88. The van der Waals surface area contributed by atoms with Crippen molar-refractivity contribution in [3.8, 4) is 0 Å². The van der Waals surface area contributed by atoms with Crippen LogP contribution in [0.4, 0.5) is 20.2 Å². The van der Waals surface area contributed by atoms with Crippen LogP contribution in [-0.2, 0) is 0 Å². The van der Waals surface area contributed by atoms with Crippen LogP contribution in [0.1, 0.15) is 29.2 Å². The molecule has 1 aromatic heterocycles. The Hall–Kier alpha value is -3.92. The van der Waals surface area contributed by atoms with Gasteiger partial charge in [0.2, 0.25) is 5.43 Å². The normalized spacial score (nSPS) is 18.7. The van der Waals surface area contributed by atoms with Gasteiger partial charge in [-0.1, -0.05) is 18.2 Å². The van der Waals surface area contributed by atoms with Crippen LogP contribution in [-0.4, -0.2) is 84.3 Å². The summed E-state index contributed by atoms with van der Waals surface area (Å²) in [7, 11) is 0. The van der Waals surface area contributed by atoms with E-state index >= 15 is 4.39 Å². The van der Waals surface area contributed by atoms with E-state index in [1.807, 2.05) is 21.6 Å². The predicted octanol–water partition coefficient (Wildman–Crippen LogP) is 3.77. The number of para-hydroxylation sites is 1. The summed E-state index contributed by atoms with van der Waals surface area (Å²) in [6.07, 6.45) is 7.50. The molecule has 2 saturated heterocycles. The smallest absolute Gasteiger partial charge is 0.341 e. The van der Waals surface area contributed by atoms with Gasteiger partial charge in [0.25, 0.3) is 0 Å². The first-order valence-electron chi connectivity index (χ1n) is 13.9. The van der Waals surface area contributed by atoms with Crippen molar-refractivity contribution in [2.45, 2.75) is 18.9 Å². The van der Waals surface area contributed by atoms with Gasteiger partial charge in [-0.25, -0.2) is 13.6 Å². The average Bonchev–Trinajstić information content (AvgIpc) is 3.80. The summed E-state index contributed by atoms with van der Waals surface area (Å²) in [5.74, 6) is -1.98. The van der Waals surface area contributed by atoms with Crippen LogP contribution in [0, 0.1) is 11.6 Å². The molecule has 3 fully saturated rings. The van der Waals surface area contributed by atoms with Gasteiger partial charge in [0, 0.05) is 76.5 Å². The molecule has 1 N–H and O–H groups in total. The third kappa shape index (κ3) is 5.28. The number of nitrogens with zero attached hydrogens (tertiary/aromatic N) is 5. The Labute approximate surface area is 231 Å². The molecule has 2 aliphatic heterocycles. The van der Waals surface area contributed by atoms with Gasteiger partial charge >= 0.3 is 5.97 Å². The number of piperazine rings is 2. The maximum Gasteiger partial charge on any atom is 0.341 e. The highest BCUT2D eigenvalue weighted by atomic mass is 19.1. The Bertz CT molecular complexity index is 1500. The van der Waals surface area contributed by atoms with E-state index in [-0.39, 0.29) is 22.8 Å². The molecule has 1 aliphatic carbocycles. The highest BCUT2D eigenvalue weighted by Gasteiger charge is 2.28. The summed E-state index contributed by atoms with van der Waals surface area (Å²) in [6, 6.07) is 9.97. The lowest BCUT2D eigenvalue weighted by molar-refractivity contribution is 0.0695. The van der Waals surface area contributed by atoms with Crippen molar-refractivity contribution in [1.82, 2.24) is 14.4 Å². The van der Waals surface area contributed by atoms with Crippen molar-refractivity contribution in [2.75, 3.05) is 68.7 Å². The summed E-state index contributed by atoms with van der Waals surface area (Å²) in [5, 5.41) is 9.58. The van der Waals surface area contributed by atoms with Gasteiger partial charge in [-0.3, -0.25) is 9.69 Å². The van der Waals surface area contributed by atoms with Gasteiger partial charge in [0.1, 0.15) is 17.2 Å². The second-order valence-electron chi connectivity index (χ2n) is 10.8. The van der Waals surface area contributed by atoms with Crippen LogP contribution in [0.2, 0.25) is 0 Å². The lowest BCUT2D eigenvalue weighted by atomic mass is 10.1. The van der Waals surface area contributed by atoms with E-state index in [2.05, 4.69) is 27.0 Å². The molecule has 3 aliphatic rings. The highest BCUT2D eigenvalue weighted by Crippen LogP contribution is 2.38. The Morgan fingerprint density at radius 2 is 1.57 bits per heavy atom. The molecule has 2 aromatic carbocycles. The zero-order chi connectivity index (χ0) is 27.8. The molecule has 8 nitrogen and oxygen atoms in total. The molecule has 1 saturated carbocycles. The number of carboxylic acids is 1. The minimum atomic E-state index is -1.29. The molecule has 3 heterocycles. The molecular formula is C30H33F2N5O3. The average molecular weight is 550 g/mol. The molecule has 0 amide bonds. The molecule has 6 rings (SSSR count). The first-order valence-corrected chi connectivity index (χ1v) is 13.9. The van der Waals surface area contributed by atoms with Crippen molar-refractivity contribution in [3.63, 3.8) is 0 Å². The maximum atomic E-state index is 15.2. The topological polar surface area (TPSA) is 72.3 Å². The van der Waals surface area contributed by atoms with Crippen molar-refractivity contribution < 1.29 is 18.7 Å². The Balaban J connectivity index is 1.06. The summed E-state index contributed by atoms with van der Waals surface area (Å²) < 4.78 is 31.2. The monoisotopic (exact) mass is 549 g/mol. The zero-order valence-corrected chi connectivity index (χ0v) is 22.3. The third-order valence-electron chi connectivity index (χ3n) is 8.17. The number of fused-ring (bicyclic) bond motifs is 1. The van der Waals surface area contributed by atoms with Gasteiger partial charge in [-0.05, 0) is 43.3 Å². The molecule has 0 bridgehead atoms. The number of aromatic nitrogens is 1. The molecule has 210 valence electrons. The number of carbonyl (C=O) groups is 1. The SMILES string of the molecule is O=C(O)c1cn(C2CC2)c2cc(N3CCN(/C=C/CN4CCN(c5ccccc5F)CC4)CC3)c(F)cc2c1=O. The number of rotatable bonds is 7. The van der Waals surface area contributed by atoms with Gasteiger partial charge in [-0.15, -0.1) is 0 Å². The highest BCUT2D eigenvalue weighted by molar-refractivity contribution is 5.93. The Kier molecular flexibility index (Phi) is 7.18. The van der Waals surface area contributed by atoms with E-state index in [4.69, 9.17) is 0 Å². The number of pyridine rings is 1. The number of aromatic carboxylic acids is 1. The van der Waals surface area contributed by atoms with Gasteiger partial charge < -0.3 is 24.4 Å². The Morgan fingerprint density at radius 3 is 2.25 bits per heavy atom. The number of halogens is 2. The summed E-state index contributed by atoms with van der Waals surface area (Å²) in [4.78, 5) is 33.0. The number of benzene rings is 2. The Morgan fingerprint density at radius 1 is 0.900 bits per heavy atom. The molecule has 40 heavy (non-hydrogen) atoms. The predicted molar refractivity (Wildman–Crippen MR) is 151 cm³/mol. The van der Waals surface area contributed by atoms with Crippen LogP contribution in [0.5, 0.6) is 0 Å². The summed E-state index contributed by atoms with van der Waals surface area (Å²) >= 11 is 0. The van der Waals surface area contributed by atoms with Crippen LogP contribution in [0.15, 0.2) is 59.7 Å². The molecule has 0 spiro atoms. The second-order valence-corrected chi connectivity index (χ2v) is 10.8. The quantitative estimate of drug-likeness (QED) is 0.481. The fourth-order valence-corrected chi connectivity index (χ4v) is 5.74. The minimum absolute atomic E-state index is 0.115. The van der Waals surface area contributed by atoms with Crippen LogP contribution in [0.25, 0.3) is 10.9 Å². The lowest BCUT2D eigenvalue weighted by Gasteiger charge is -2.37. The number of hydrogen-bond acceptors (Lipinski definition) is 6. The fourth-order valence-electron chi connectivity index (χ4n) is 5.74. The second kappa shape index (κ2) is 10.9. The van der Waals surface area contributed by atoms with Gasteiger partial charge in [0.15, 0.2) is 0 Å². The largest absolute Gasteiger partial charge is 0.477 e. The van der Waals surface area contributed by atoms with Crippen molar-refractivity contribution in [2.24, 2.45) is 0 Å². The third-order valence-corrected chi connectivity index (χ3v) is 8.17. The minimum Gasteiger partial charge on any atom is -0.477 e. The van der Waals surface area contributed by atoms with Crippen molar-refractivity contribution >= 4 is 28.2 Å². The zero-order valence-electron chi connectivity index (χ0n) is 22.3. The maximum absolute atomic E-state index is 15.2. The number of carboxylic acid groups (broad SMARTS) is 1. The first kappa shape index (κ1) is 26.3. The fraction of sp³-hybridized carbons (Fsp3) is 0.400.